The fourth-order valence-electron chi connectivity index (χ4n) is 1.40. The molecular formula is C11H12N4O2. The minimum Gasteiger partial charge on any atom is -0.329 e. The molecule has 2 aromatic heterocycles. The van der Waals surface area contributed by atoms with Crippen LogP contribution in [0.3, 0.4) is 0 Å². The zero-order valence-corrected chi connectivity index (χ0v) is 9.52. The number of anilines is 1. The predicted molar refractivity (Wildman–Crippen MR) is 63.0 cm³/mol. The van der Waals surface area contributed by atoms with Crippen molar-refractivity contribution in [2.75, 3.05) is 5.32 Å². The molecule has 2 heterocycles. The fraction of sp³-hybridized carbons (Fsp3) is 0.182. The summed E-state index contributed by atoms with van der Waals surface area (Å²) < 4.78 is 1.66. The summed E-state index contributed by atoms with van der Waals surface area (Å²) in [6.07, 6.45) is 1.43. The second-order valence-electron chi connectivity index (χ2n) is 3.69. The number of hydrogen-bond donors (Lipinski definition) is 2. The average molecular weight is 232 g/mol. The Bertz CT molecular complexity index is 592. The van der Waals surface area contributed by atoms with E-state index in [-0.39, 0.29) is 11.5 Å². The SMILES string of the molecule is Cc1cc(NC(=O)c2cc[nH]c(=O)c2)nn1C. The molecule has 17 heavy (non-hydrogen) atoms. The summed E-state index contributed by atoms with van der Waals surface area (Å²) in [5, 5.41) is 6.72. The lowest BCUT2D eigenvalue weighted by molar-refractivity contribution is 0.102. The van der Waals surface area contributed by atoms with Crippen LogP contribution in [0.1, 0.15) is 16.1 Å². The summed E-state index contributed by atoms with van der Waals surface area (Å²) in [6.45, 7) is 1.88. The number of nitrogens with one attached hydrogen (secondary N) is 2. The zero-order valence-electron chi connectivity index (χ0n) is 9.52. The highest BCUT2D eigenvalue weighted by molar-refractivity contribution is 6.03. The topological polar surface area (TPSA) is 79.8 Å². The molecule has 0 saturated carbocycles. The first-order valence-corrected chi connectivity index (χ1v) is 5.07. The largest absolute Gasteiger partial charge is 0.329 e. The summed E-state index contributed by atoms with van der Waals surface area (Å²) >= 11 is 0. The smallest absolute Gasteiger partial charge is 0.257 e. The standard InChI is InChI=1S/C11H12N4O2/c1-7-5-9(14-15(7)2)13-11(17)8-3-4-12-10(16)6-8/h3-6H,1-2H3,(H,12,16)(H,13,14,17). The van der Waals surface area contributed by atoms with Gasteiger partial charge in [0.1, 0.15) is 0 Å². The van der Waals surface area contributed by atoms with Crippen LogP contribution in [0.25, 0.3) is 0 Å². The molecule has 2 N–H and O–H groups in total. The Morgan fingerprint density at radius 2 is 2.24 bits per heavy atom. The van der Waals surface area contributed by atoms with Crippen LogP contribution in [0.4, 0.5) is 5.82 Å². The number of pyridine rings is 1. The van der Waals surface area contributed by atoms with Crippen LogP contribution < -0.4 is 10.9 Å². The molecule has 1 amide bonds. The van der Waals surface area contributed by atoms with Gasteiger partial charge in [-0.15, -0.1) is 0 Å². The molecule has 0 aliphatic rings. The first kappa shape index (κ1) is 11.1. The third-order valence-corrected chi connectivity index (χ3v) is 2.39. The van der Waals surface area contributed by atoms with Gasteiger partial charge in [0.25, 0.3) is 5.91 Å². The number of aryl methyl sites for hydroxylation is 2. The Morgan fingerprint density at radius 1 is 1.47 bits per heavy atom. The summed E-state index contributed by atoms with van der Waals surface area (Å²) in [5.41, 5.74) is 0.929. The molecule has 2 rings (SSSR count). The van der Waals surface area contributed by atoms with E-state index in [0.717, 1.165) is 5.69 Å². The predicted octanol–water partition coefficient (Wildman–Crippen LogP) is 0.669. The molecule has 6 heteroatoms. The second kappa shape index (κ2) is 4.25. The van der Waals surface area contributed by atoms with E-state index in [1.165, 1.54) is 18.3 Å². The lowest BCUT2D eigenvalue weighted by atomic mass is 10.2. The maximum absolute atomic E-state index is 11.8. The van der Waals surface area contributed by atoms with Crippen LogP contribution in [0.2, 0.25) is 0 Å². The van der Waals surface area contributed by atoms with E-state index in [1.807, 2.05) is 6.92 Å². The quantitative estimate of drug-likeness (QED) is 0.798. The van der Waals surface area contributed by atoms with E-state index >= 15 is 0 Å². The van der Waals surface area contributed by atoms with Crippen LogP contribution in [-0.4, -0.2) is 20.7 Å². The van der Waals surface area contributed by atoms with Crippen LogP contribution in [0.5, 0.6) is 0 Å². The Labute approximate surface area is 97.3 Å². The Hall–Kier alpha value is -2.37. The molecule has 0 fully saturated rings. The lowest BCUT2D eigenvalue weighted by Gasteiger charge is -2.00. The van der Waals surface area contributed by atoms with Gasteiger partial charge in [0.2, 0.25) is 5.56 Å². The highest BCUT2D eigenvalue weighted by atomic mass is 16.2. The lowest BCUT2D eigenvalue weighted by Crippen LogP contribution is -2.15. The van der Waals surface area contributed by atoms with E-state index in [0.29, 0.717) is 11.4 Å². The fourth-order valence-corrected chi connectivity index (χ4v) is 1.40. The van der Waals surface area contributed by atoms with Gasteiger partial charge >= 0.3 is 0 Å². The summed E-state index contributed by atoms with van der Waals surface area (Å²) in [4.78, 5) is 25.3. The highest BCUT2D eigenvalue weighted by Crippen LogP contribution is 2.08. The third kappa shape index (κ3) is 2.41. The third-order valence-electron chi connectivity index (χ3n) is 2.39. The van der Waals surface area contributed by atoms with Crippen LogP contribution in [0, 0.1) is 6.92 Å². The number of hydrogen-bond acceptors (Lipinski definition) is 3. The van der Waals surface area contributed by atoms with E-state index in [2.05, 4.69) is 15.4 Å². The maximum Gasteiger partial charge on any atom is 0.257 e. The van der Waals surface area contributed by atoms with Crippen LogP contribution in [-0.2, 0) is 7.05 Å². The van der Waals surface area contributed by atoms with Gasteiger partial charge in [-0.1, -0.05) is 0 Å². The van der Waals surface area contributed by atoms with Crippen LogP contribution >= 0.6 is 0 Å². The van der Waals surface area contributed by atoms with Crippen molar-refractivity contribution < 1.29 is 4.79 Å². The molecule has 0 aliphatic carbocycles. The molecule has 0 aromatic carbocycles. The second-order valence-corrected chi connectivity index (χ2v) is 3.69. The van der Waals surface area contributed by atoms with Gasteiger partial charge in [0.15, 0.2) is 5.82 Å². The molecule has 0 atom stereocenters. The summed E-state index contributed by atoms with van der Waals surface area (Å²) in [6, 6.07) is 4.53. The minimum atomic E-state index is -0.353. The Morgan fingerprint density at radius 3 is 2.82 bits per heavy atom. The van der Waals surface area contributed by atoms with Crippen molar-refractivity contribution in [3.63, 3.8) is 0 Å². The monoisotopic (exact) mass is 232 g/mol. The van der Waals surface area contributed by atoms with Crippen molar-refractivity contribution in [3.05, 3.63) is 46.0 Å². The van der Waals surface area contributed by atoms with Crippen molar-refractivity contribution in [1.82, 2.24) is 14.8 Å². The molecule has 0 unspecified atom stereocenters. The molecule has 2 aromatic rings. The number of carbonyl (C=O) groups excluding carboxylic acids is 1. The van der Waals surface area contributed by atoms with Crippen molar-refractivity contribution >= 4 is 11.7 Å². The van der Waals surface area contributed by atoms with Gasteiger partial charge < -0.3 is 10.3 Å². The molecule has 0 saturated heterocycles. The van der Waals surface area contributed by atoms with Gasteiger partial charge in [-0.25, -0.2) is 0 Å². The molecular weight excluding hydrogens is 220 g/mol. The number of aromatic amines is 1. The maximum atomic E-state index is 11.8. The first-order chi connectivity index (χ1) is 8.06. The molecule has 0 spiro atoms. The number of H-pyrrole nitrogens is 1. The van der Waals surface area contributed by atoms with Gasteiger partial charge in [0.05, 0.1) is 0 Å². The molecule has 88 valence electrons. The normalized spacial score (nSPS) is 10.2. The zero-order chi connectivity index (χ0) is 12.4. The summed E-state index contributed by atoms with van der Waals surface area (Å²) in [7, 11) is 1.79. The summed E-state index contributed by atoms with van der Waals surface area (Å²) in [5.74, 6) is 0.115. The Kier molecular flexibility index (Phi) is 2.78. The van der Waals surface area contributed by atoms with Crippen molar-refractivity contribution in [2.45, 2.75) is 6.92 Å². The van der Waals surface area contributed by atoms with Gasteiger partial charge in [0, 0.05) is 36.6 Å². The number of amides is 1. The minimum absolute atomic E-state index is 0.303. The number of nitrogens with zero attached hydrogens (tertiary/aromatic N) is 2. The van der Waals surface area contributed by atoms with Crippen molar-refractivity contribution in [3.8, 4) is 0 Å². The van der Waals surface area contributed by atoms with Crippen LogP contribution in [0.15, 0.2) is 29.2 Å². The number of aromatic nitrogens is 3. The van der Waals surface area contributed by atoms with Gasteiger partial charge in [-0.3, -0.25) is 14.3 Å². The number of carbonyl (C=O) groups is 1. The highest BCUT2D eigenvalue weighted by Gasteiger charge is 2.08. The Balaban J connectivity index is 2.20. The van der Waals surface area contributed by atoms with E-state index < -0.39 is 0 Å². The average Bonchev–Trinajstić information content (AvgIpc) is 2.58. The van der Waals surface area contributed by atoms with Gasteiger partial charge in [-0.05, 0) is 13.0 Å². The molecule has 0 radical (unpaired) electrons. The van der Waals surface area contributed by atoms with Gasteiger partial charge in [-0.2, -0.15) is 5.10 Å². The molecule has 6 nitrogen and oxygen atoms in total. The van der Waals surface area contributed by atoms with E-state index in [9.17, 15) is 9.59 Å². The number of rotatable bonds is 2. The molecule has 0 bridgehead atoms. The molecule has 0 aliphatic heterocycles. The van der Waals surface area contributed by atoms with E-state index in [1.54, 1.807) is 17.8 Å². The van der Waals surface area contributed by atoms with E-state index in [4.69, 9.17) is 0 Å². The van der Waals surface area contributed by atoms with Crippen molar-refractivity contribution in [1.29, 1.82) is 0 Å². The first-order valence-electron chi connectivity index (χ1n) is 5.07. The van der Waals surface area contributed by atoms with Crippen molar-refractivity contribution in [2.24, 2.45) is 7.05 Å².